The van der Waals surface area contributed by atoms with Crippen LogP contribution in [0.4, 0.5) is 0 Å². The molecule has 0 aromatic rings. The van der Waals surface area contributed by atoms with E-state index in [2.05, 4.69) is 0 Å². The maximum atomic E-state index is 0. The van der Waals surface area contributed by atoms with Gasteiger partial charge in [0.1, 0.15) is 0 Å². The van der Waals surface area contributed by atoms with E-state index < -0.39 is 0 Å². The van der Waals surface area contributed by atoms with Crippen molar-refractivity contribution in [1.82, 2.24) is 0 Å². The van der Waals surface area contributed by atoms with Crippen molar-refractivity contribution in [3.8, 4) is 0 Å². The first-order chi connectivity index (χ1) is 0. The molecular formula is H8Ca3Cl2. The fourth-order valence-electron chi connectivity index (χ4n) is 0. The van der Waals surface area contributed by atoms with Crippen LogP contribution in [0, 0.1) is 0 Å². The van der Waals surface area contributed by atoms with Crippen LogP contribution in [0.25, 0.3) is 0 Å². The topological polar surface area (TPSA) is 0 Å². The van der Waals surface area contributed by atoms with Crippen LogP contribution in [0.15, 0.2) is 0 Å². The van der Waals surface area contributed by atoms with Crippen molar-refractivity contribution in [1.29, 1.82) is 0 Å². The van der Waals surface area contributed by atoms with Gasteiger partial charge in [-0.1, -0.05) is 0 Å². The Balaban J connectivity index is 0. The second-order valence-corrected chi connectivity index (χ2v) is 0. The van der Waals surface area contributed by atoms with Crippen molar-refractivity contribution in [2.75, 3.05) is 0 Å². The molecule has 0 unspecified atom stereocenters. The molecule has 0 aromatic heterocycles. The summed E-state index contributed by atoms with van der Waals surface area (Å²) in [7, 11) is 0. The summed E-state index contributed by atoms with van der Waals surface area (Å²) in [5.74, 6) is 0. The molecular weight excluding hydrogens is 191 g/mol. The van der Waals surface area contributed by atoms with Gasteiger partial charge >= 0.3 is 113 Å². The van der Waals surface area contributed by atoms with Crippen molar-refractivity contribution in [3.63, 3.8) is 0 Å². The van der Waals surface area contributed by atoms with Gasteiger partial charge in [-0.15, -0.1) is 24.8 Å². The first-order valence-electron chi connectivity index (χ1n) is 0. The van der Waals surface area contributed by atoms with Gasteiger partial charge in [-0.05, 0) is 0 Å². The Morgan fingerprint density at radius 2 is 0.400 bits per heavy atom. The minimum atomic E-state index is 0. The van der Waals surface area contributed by atoms with Crippen molar-refractivity contribution < 1.29 is 0 Å². The van der Waals surface area contributed by atoms with Gasteiger partial charge in [0.15, 0.2) is 0 Å². The number of hydrogen-bond acceptors (Lipinski definition) is 0. The molecule has 28 valence electrons. The zero-order valence-electron chi connectivity index (χ0n) is 0.816. The second-order valence-electron chi connectivity index (χ2n) is 0. The van der Waals surface area contributed by atoms with Gasteiger partial charge in [0.25, 0.3) is 0 Å². The van der Waals surface area contributed by atoms with E-state index in [0.29, 0.717) is 0 Å². The third-order valence-electron chi connectivity index (χ3n) is 0. The molecule has 0 N–H and O–H groups in total. The van der Waals surface area contributed by atoms with Crippen LogP contribution in [0.1, 0.15) is 0 Å². The van der Waals surface area contributed by atoms with E-state index in [4.69, 9.17) is 0 Å². The summed E-state index contributed by atoms with van der Waals surface area (Å²) >= 11 is 0. The van der Waals surface area contributed by atoms with E-state index in [1.165, 1.54) is 0 Å². The fraction of sp³-hybridized carbons (Fsp3) is 0. The Morgan fingerprint density at radius 3 is 0.400 bits per heavy atom. The number of rotatable bonds is 0. The van der Waals surface area contributed by atoms with Gasteiger partial charge in [0.2, 0.25) is 0 Å². The monoisotopic (exact) mass is 198 g/mol. The second kappa shape index (κ2) is 23.8. The molecule has 5 heteroatoms. The Morgan fingerprint density at radius 1 is 0.400 bits per heavy atom. The van der Waals surface area contributed by atoms with Gasteiger partial charge in [-0.2, -0.15) is 0 Å². The van der Waals surface area contributed by atoms with E-state index in [1.807, 2.05) is 0 Å². The summed E-state index contributed by atoms with van der Waals surface area (Å²) in [4.78, 5) is 0. The van der Waals surface area contributed by atoms with E-state index in [9.17, 15) is 0 Å². The van der Waals surface area contributed by atoms with Crippen LogP contribution in [-0.4, -0.2) is 113 Å². The van der Waals surface area contributed by atoms with Crippen LogP contribution in [0.3, 0.4) is 0 Å². The molecule has 0 spiro atoms. The van der Waals surface area contributed by atoms with E-state index in [1.54, 1.807) is 0 Å². The Bertz CT molecular complexity index is 4.85. The molecule has 0 amide bonds. The van der Waals surface area contributed by atoms with Gasteiger partial charge in [0, 0.05) is 0 Å². The first kappa shape index (κ1) is 34.4. The van der Waals surface area contributed by atoms with E-state index >= 15 is 0 Å². The quantitative estimate of drug-likeness (QED) is 0.400. The predicted octanol–water partition coefficient (Wildman–Crippen LogP) is -1.91. The van der Waals surface area contributed by atoms with Crippen LogP contribution in [0.5, 0.6) is 0 Å². The molecule has 0 radical (unpaired) electrons. The van der Waals surface area contributed by atoms with Crippen LogP contribution >= 0.6 is 24.8 Å². The molecule has 0 aliphatic rings. The third-order valence-corrected chi connectivity index (χ3v) is 0. The van der Waals surface area contributed by atoms with Crippen LogP contribution < -0.4 is 0 Å². The number of halogens is 2. The van der Waals surface area contributed by atoms with E-state index in [-0.39, 0.29) is 138 Å². The molecule has 0 fully saturated rings. The molecule has 0 nitrogen and oxygen atoms in total. The molecule has 0 rings (SSSR count). The van der Waals surface area contributed by atoms with Crippen LogP contribution in [-0.2, 0) is 0 Å². The molecule has 0 heterocycles. The summed E-state index contributed by atoms with van der Waals surface area (Å²) < 4.78 is 0. The van der Waals surface area contributed by atoms with Crippen molar-refractivity contribution in [2.24, 2.45) is 0 Å². The van der Waals surface area contributed by atoms with Gasteiger partial charge in [-0.25, -0.2) is 0 Å². The van der Waals surface area contributed by atoms with Gasteiger partial charge < -0.3 is 0 Å². The first-order valence-corrected chi connectivity index (χ1v) is 0. The average Bonchev–Trinajstić information content (AvgIpc) is 0. The summed E-state index contributed by atoms with van der Waals surface area (Å²) in [6.45, 7) is 0. The standard InChI is InChI=1S/3Ca.2ClH.6H/h;;;2*1H;;;;;;. The Hall–Kier alpha value is 4.36. The molecule has 0 saturated carbocycles. The van der Waals surface area contributed by atoms with E-state index in [0.717, 1.165) is 0 Å². The Labute approximate surface area is 134 Å². The van der Waals surface area contributed by atoms with Gasteiger partial charge in [0.05, 0.1) is 0 Å². The van der Waals surface area contributed by atoms with Gasteiger partial charge in [-0.3, -0.25) is 0 Å². The van der Waals surface area contributed by atoms with Crippen molar-refractivity contribution in [2.45, 2.75) is 0 Å². The third kappa shape index (κ3) is 17.8. The molecule has 0 saturated heterocycles. The zero-order chi connectivity index (χ0) is 0. The summed E-state index contributed by atoms with van der Waals surface area (Å²) in [6.07, 6.45) is 0. The molecule has 0 aliphatic carbocycles. The normalized spacial score (nSPS) is 0. The predicted molar refractivity (Wildman–Crippen MR) is 40.1 cm³/mol. The Kier molecular flexibility index (Phi) is 164. The summed E-state index contributed by atoms with van der Waals surface area (Å²) in [5.41, 5.74) is 0. The minimum absolute atomic E-state index is 0. The molecule has 0 aliphatic heterocycles. The van der Waals surface area contributed by atoms with Crippen molar-refractivity contribution >= 4 is 138 Å². The molecule has 0 aromatic carbocycles. The van der Waals surface area contributed by atoms with Crippen molar-refractivity contribution in [3.05, 3.63) is 0 Å². The fourth-order valence-corrected chi connectivity index (χ4v) is 0. The summed E-state index contributed by atoms with van der Waals surface area (Å²) in [5, 5.41) is 0. The zero-order valence-corrected chi connectivity index (χ0v) is 2.45. The molecule has 0 bridgehead atoms. The maximum absolute atomic E-state index is 0. The SMILES string of the molecule is Cl.Cl.[CaH2].[CaH2].[CaH2]. The average molecular weight is 199 g/mol. The van der Waals surface area contributed by atoms with Crippen LogP contribution in [0.2, 0.25) is 0 Å². The number of hydrogen-bond donors (Lipinski definition) is 0. The summed E-state index contributed by atoms with van der Waals surface area (Å²) in [6, 6.07) is 0. The molecule has 5 heavy (non-hydrogen) atoms. The molecule has 0 atom stereocenters.